The van der Waals surface area contributed by atoms with Gasteiger partial charge in [-0.25, -0.2) is 18.5 Å². The van der Waals surface area contributed by atoms with Crippen molar-refractivity contribution in [2.45, 2.75) is 25.3 Å². The number of nitrogens with one attached hydrogen (secondary N) is 1. The number of methoxy groups -OCH3 is 1. The van der Waals surface area contributed by atoms with Gasteiger partial charge in [-0.15, -0.1) is 16.7 Å². The summed E-state index contributed by atoms with van der Waals surface area (Å²) in [6, 6.07) is 10.2. The molecule has 330 valence electrons. The molecule has 0 aliphatic rings. The number of nitrogens with zero attached hydrogens (tertiary/aromatic N) is 4. The largest absolute Gasteiger partial charge is 0.778 e. The summed E-state index contributed by atoms with van der Waals surface area (Å²) in [4.78, 5) is 72.4. The zero-order valence-corrected chi connectivity index (χ0v) is 36.3. The quantitative estimate of drug-likeness (QED) is 0.0303. The number of carbonyl (C=O) groups is 3. The van der Waals surface area contributed by atoms with Gasteiger partial charge >= 0.3 is 30.1 Å². The van der Waals surface area contributed by atoms with Crippen molar-refractivity contribution in [3.63, 3.8) is 0 Å². The molecule has 0 aliphatic heterocycles. The van der Waals surface area contributed by atoms with Crippen LogP contribution in [0, 0.1) is 22.9 Å². The summed E-state index contributed by atoms with van der Waals surface area (Å²) in [5.41, 5.74) is -2.13. The molecule has 0 saturated carbocycles. The van der Waals surface area contributed by atoms with Gasteiger partial charge < -0.3 is 34.0 Å². The summed E-state index contributed by atoms with van der Waals surface area (Å²) in [5.74, 6) is -4.11. The lowest BCUT2D eigenvalue weighted by atomic mass is 10.1. The molecule has 0 saturated heterocycles. The molecule has 0 aliphatic carbocycles. The fraction of sp³-hybridized carbons (Fsp3) is 0.303. The summed E-state index contributed by atoms with van der Waals surface area (Å²) in [6.07, 6.45) is 5.62. The van der Waals surface area contributed by atoms with Gasteiger partial charge in [-0.3, -0.25) is 25.0 Å². The van der Waals surface area contributed by atoms with E-state index in [-0.39, 0.29) is 49.4 Å². The first-order chi connectivity index (χ1) is 27.7. The molecule has 0 spiro atoms. The Balaban J connectivity index is 0.000000460. The van der Waals surface area contributed by atoms with Gasteiger partial charge in [-0.2, -0.15) is 13.5 Å². The van der Waals surface area contributed by atoms with Gasteiger partial charge in [0.2, 0.25) is 0 Å². The van der Waals surface area contributed by atoms with Crippen molar-refractivity contribution in [1.29, 1.82) is 0 Å². The minimum absolute atomic E-state index is 0.0926. The molecule has 4 N–H and O–H groups in total. The van der Waals surface area contributed by atoms with E-state index in [1.165, 1.54) is 18.2 Å². The molecule has 2 unspecified atom stereocenters. The molecule has 4 rings (SSSR count). The summed E-state index contributed by atoms with van der Waals surface area (Å²) in [7, 11) is -2.57. The van der Waals surface area contributed by atoms with Gasteiger partial charge in [-0.05, 0) is 59.8 Å². The van der Waals surface area contributed by atoms with Crippen molar-refractivity contribution >= 4 is 88.5 Å². The molecule has 2 atom stereocenters. The van der Waals surface area contributed by atoms with Crippen LogP contribution in [0.4, 0.5) is 18.9 Å². The topological polar surface area (TPSA) is 265 Å². The Morgan fingerprint density at radius 3 is 2.12 bits per heavy atom. The molecular weight excluding hydrogens is 936 g/mol. The van der Waals surface area contributed by atoms with Crippen LogP contribution >= 0.6 is 54.0 Å². The second-order valence-corrected chi connectivity index (χ2v) is 17.6. The zero-order chi connectivity index (χ0) is 46.2. The molecule has 0 bridgehead atoms. The number of nitro groups is 1. The van der Waals surface area contributed by atoms with E-state index in [1.54, 1.807) is 12.1 Å². The Labute approximate surface area is 361 Å². The van der Waals surface area contributed by atoms with Crippen LogP contribution < -0.4 is 20.6 Å². The number of alkyl halides is 3. The van der Waals surface area contributed by atoms with E-state index < -0.39 is 72.4 Å². The fourth-order valence-electron chi connectivity index (χ4n) is 4.04. The average molecular weight is 972 g/mol. The number of ether oxygens (including phenoxy) is 2. The van der Waals surface area contributed by atoms with Crippen LogP contribution in [0.5, 0.6) is 11.5 Å². The van der Waals surface area contributed by atoms with E-state index in [0.29, 0.717) is 26.3 Å². The minimum Gasteiger partial charge on any atom is -0.778 e. The number of nitro benzene ring substituents is 1. The zero-order valence-electron chi connectivity index (χ0n) is 31.6. The third kappa shape index (κ3) is 18.1. The number of aryl methyl sites for hydroxylation is 1. The Bertz CT molecular complexity index is 2260. The SMILES string of the molecule is COC(=O)c1cc(Oc2ccc(Cl)cc2Cl)ccc1[N+](=O)[O-].C[S+](C)C.Cc1nn(-c2cc(CC(Cl)C(=O)O)c(Cl)cc2F)c(=O)n1C(F)F.O=C(O)CNCP(=O)([O-])O. The van der Waals surface area contributed by atoms with Crippen molar-refractivity contribution in [1.82, 2.24) is 19.7 Å². The highest BCUT2D eigenvalue weighted by Gasteiger charge is 2.24. The molecule has 18 nitrogen and oxygen atoms in total. The molecule has 27 heteroatoms. The van der Waals surface area contributed by atoms with Crippen LogP contribution in [0.15, 0.2) is 53.3 Å². The number of carbonyl (C=O) groups excluding carboxylic acids is 1. The van der Waals surface area contributed by atoms with Crippen LogP contribution in [0.25, 0.3) is 5.69 Å². The number of halogens is 7. The van der Waals surface area contributed by atoms with Gasteiger partial charge in [0.1, 0.15) is 41.5 Å². The molecule has 0 radical (unpaired) electrons. The van der Waals surface area contributed by atoms with Crippen molar-refractivity contribution in [3.8, 4) is 17.2 Å². The standard InChI is InChI=1S/C14H9Cl2NO5.C13H10Cl2F3N3O3.C3H8NO5P.C3H9S/c1-21-14(18)10-7-9(3-4-12(10)17(19)20)22-13-5-2-8(15)6-11(13)16;1-5-19-21(13(24)20(5)12(17)18)10-3-6(2-8(15)11(22)23)7(14)4-9(10)16;5-3(6)1-4-2-10(7,8)9;1-4(2)3/h2-7H,1H3;3-4,8,12H,2H2,1H3,(H,22,23);4H,1-2H2,(H,5,6)(H2,7,8,9);1-3H3/q;;;+1/p-1. The molecule has 3 aromatic carbocycles. The van der Waals surface area contributed by atoms with E-state index in [9.17, 15) is 51.9 Å². The molecule has 4 aromatic rings. The summed E-state index contributed by atoms with van der Waals surface area (Å²) < 4.78 is 60.3. The van der Waals surface area contributed by atoms with Crippen LogP contribution in [-0.2, 0) is 36.2 Å². The van der Waals surface area contributed by atoms with Crippen molar-refractivity contribution in [2.24, 2.45) is 0 Å². The number of hydrogen-bond donors (Lipinski definition) is 4. The number of carboxylic acid groups (broad SMARTS) is 2. The Kier molecular flexibility index (Phi) is 22.1. The number of benzene rings is 3. The first-order valence-corrected chi connectivity index (χ1v) is 21.7. The first-order valence-electron chi connectivity index (χ1n) is 16.0. The maximum absolute atomic E-state index is 14.1. The number of hydrogen-bond acceptors (Lipinski definition) is 12. The number of aromatic nitrogens is 3. The number of rotatable bonds is 13. The molecule has 1 aromatic heterocycles. The van der Waals surface area contributed by atoms with Gasteiger partial charge in [0.25, 0.3) is 5.69 Å². The van der Waals surface area contributed by atoms with Gasteiger partial charge in [0.05, 0.1) is 48.7 Å². The minimum atomic E-state index is -4.35. The number of aliphatic carboxylic acids is 2. The van der Waals surface area contributed by atoms with Crippen molar-refractivity contribution in [2.75, 3.05) is 38.7 Å². The molecule has 60 heavy (non-hydrogen) atoms. The van der Waals surface area contributed by atoms with Crippen LogP contribution in [0.3, 0.4) is 0 Å². The van der Waals surface area contributed by atoms with E-state index in [4.69, 9.17) is 66.2 Å². The van der Waals surface area contributed by atoms with E-state index in [1.807, 2.05) is 5.32 Å². The second kappa shape index (κ2) is 24.8. The predicted molar refractivity (Wildman–Crippen MR) is 216 cm³/mol. The lowest BCUT2D eigenvalue weighted by Gasteiger charge is -2.14. The summed E-state index contributed by atoms with van der Waals surface area (Å²) in [5, 5.41) is 32.6. The van der Waals surface area contributed by atoms with E-state index in [2.05, 4.69) is 28.6 Å². The van der Waals surface area contributed by atoms with Crippen LogP contribution in [0.1, 0.15) is 28.3 Å². The molecule has 0 fully saturated rings. The first kappa shape index (κ1) is 53.6. The predicted octanol–water partition coefficient (Wildman–Crippen LogP) is 5.90. The monoisotopic (exact) mass is 969 g/mol. The molecule has 0 amide bonds. The number of carboxylic acids is 2. The van der Waals surface area contributed by atoms with E-state index in [0.717, 1.165) is 32.2 Å². The van der Waals surface area contributed by atoms with Gasteiger partial charge in [0.15, 0.2) is 5.82 Å². The average Bonchev–Trinajstić information content (AvgIpc) is 3.42. The van der Waals surface area contributed by atoms with Crippen molar-refractivity contribution in [3.05, 3.63) is 107 Å². The van der Waals surface area contributed by atoms with Crippen LogP contribution in [0.2, 0.25) is 15.1 Å². The van der Waals surface area contributed by atoms with Gasteiger partial charge in [-0.1, -0.05) is 34.8 Å². The fourth-order valence-corrected chi connectivity index (χ4v) is 5.27. The third-order valence-electron chi connectivity index (χ3n) is 6.47. The Morgan fingerprint density at radius 1 is 1.05 bits per heavy atom. The second-order valence-electron chi connectivity index (χ2n) is 11.7. The molecular formula is C33H35Cl4F3N5O13PS. The maximum Gasteiger partial charge on any atom is 0.355 e. The lowest BCUT2D eigenvalue weighted by molar-refractivity contribution is -0.385. The highest BCUT2D eigenvalue weighted by Crippen LogP contribution is 2.34. The van der Waals surface area contributed by atoms with Crippen LogP contribution in [-0.4, -0.2) is 96.4 Å². The highest BCUT2D eigenvalue weighted by atomic mass is 35.5. The summed E-state index contributed by atoms with van der Waals surface area (Å²) >= 11 is 23.2. The summed E-state index contributed by atoms with van der Waals surface area (Å²) in [6.45, 7) is -2.45. The maximum atomic E-state index is 14.1. The normalized spacial score (nSPS) is 12.1. The molecule has 1 heterocycles. The highest BCUT2D eigenvalue weighted by molar-refractivity contribution is 7.94. The lowest BCUT2D eigenvalue weighted by Crippen LogP contribution is -2.25. The smallest absolute Gasteiger partial charge is 0.355 e. The Hall–Kier alpha value is -4.38. The number of esters is 1. The van der Waals surface area contributed by atoms with Gasteiger partial charge in [0, 0.05) is 28.6 Å². The Morgan fingerprint density at radius 2 is 1.65 bits per heavy atom. The third-order valence-corrected chi connectivity index (χ3v) is 8.31. The van der Waals surface area contributed by atoms with Crippen molar-refractivity contribution < 1.29 is 66.5 Å². The van der Waals surface area contributed by atoms with E-state index >= 15 is 0 Å².